The number of hydrogen-bond acceptors (Lipinski definition) is 6. The van der Waals surface area contributed by atoms with E-state index in [0.717, 1.165) is 21.4 Å². The molecule has 11 heteroatoms. The first-order valence-corrected chi connectivity index (χ1v) is 13.6. The Hall–Kier alpha value is -2.04. The largest absolute Gasteiger partial charge is 0.618 e. The Labute approximate surface area is 234 Å². The van der Waals surface area contributed by atoms with Gasteiger partial charge in [0.05, 0.1) is 18.8 Å². The summed E-state index contributed by atoms with van der Waals surface area (Å²) in [5.41, 5.74) is 2.96. The first-order valence-electron chi connectivity index (χ1n) is 11.5. The second-order valence-electron chi connectivity index (χ2n) is 8.57. The smallest absolute Gasteiger partial charge is 0.276 e. The zero-order valence-corrected chi connectivity index (χ0v) is 22.8. The highest BCUT2D eigenvalue weighted by atomic mass is 35.6. The van der Waals surface area contributed by atoms with Gasteiger partial charge >= 0.3 is 0 Å². The fourth-order valence-corrected chi connectivity index (χ4v) is 5.15. The Kier molecular flexibility index (Phi) is 9.24. The van der Waals surface area contributed by atoms with Crippen LogP contribution < -0.4 is 10.0 Å². The van der Waals surface area contributed by atoms with Crippen molar-refractivity contribution in [2.45, 2.75) is 40.8 Å². The molecule has 1 fully saturated rings. The van der Waals surface area contributed by atoms with E-state index in [2.05, 4.69) is 12.2 Å². The standard InChI is InChI=1S/C26H25Cl3N2O5S/c1-16-21(15-37-22-4-2-3-13-31(22)34)35-24(36-23(16)18-7-5-17(14-32)6-8-18)19-9-11-20(12-10-19)30-25(33)26(27,28)29/h2-13,16,21,23-24,32H,14-15H2,1H3,(H,30,33)/t16-,21+,23+,24+/m0/s1. The lowest BCUT2D eigenvalue weighted by molar-refractivity contribution is -0.645. The van der Waals surface area contributed by atoms with Crippen molar-refractivity contribution >= 4 is 58.2 Å². The summed E-state index contributed by atoms with van der Waals surface area (Å²) < 4.78 is 11.5. The number of aliphatic hydroxyl groups excluding tert-OH is 1. The van der Waals surface area contributed by atoms with Gasteiger partial charge in [-0.2, -0.15) is 4.73 Å². The Morgan fingerprint density at radius 1 is 1.05 bits per heavy atom. The van der Waals surface area contributed by atoms with Gasteiger partial charge in [-0.1, -0.05) is 89.9 Å². The molecule has 2 heterocycles. The van der Waals surface area contributed by atoms with Gasteiger partial charge in [0, 0.05) is 35.1 Å². The Bertz CT molecular complexity index is 1210. The van der Waals surface area contributed by atoms with Crippen molar-refractivity contribution in [2.75, 3.05) is 11.1 Å². The number of alkyl halides is 3. The molecule has 0 saturated carbocycles. The highest BCUT2D eigenvalue weighted by Gasteiger charge is 2.39. The third kappa shape index (κ3) is 7.09. The third-order valence-electron chi connectivity index (χ3n) is 6.01. The van der Waals surface area contributed by atoms with Gasteiger partial charge in [0.1, 0.15) is 0 Å². The monoisotopic (exact) mass is 582 g/mol. The molecule has 37 heavy (non-hydrogen) atoms. The average Bonchev–Trinajstić information content (AvgIpc) is 2.89. The number of halogens is 3. The molecule has 1 amide bonds. The Morgan fingerprint density at radius 3 is 2.35 bits per heavy atom. The van der Waals surface area contributed by atoms with Crippen LogP contribution in [0.1, 0.15) is 36.0 Å². The number of thioether (sulfide) groups is 1. The highest BCUT2D eigenvalue weighted by Crippen LogP contribution is 2.43. The predicted molar refractivity (Wildman–Crippen MR) is 144 cm³/mol. The average molecular weight is 584 g/mol. The van der Waals surface area contributed by atoms with Crippen molar-refractivity contribution in [3.05, 3.63) is 94.8 Å². The van der Waals surface area contributed by atoms with E-state index in [-0.39, 0.29) is 24.7 Å². The van der Waals surface area contributed by atoms with Crippen molar-refractivity contribution in [1.29, 1.82) is 0 Å². The van der Waals surface area contributed by atoms with Gasteiger partial charge < -0.3 is 25.1 Å². The minimum Gasteiger partial charge on any atom is -0.618 e. The molecule has 4 atom stereocenters. The molecule has 1 aromatic heterocycles. The summed E-state index contributed by atoms with van der Waals surface area (Å²) in [5, 5.41) is 24.7. The minimum atomic E-state index is -2.07. The molecular formula is C26H25Cl3N2O5S. The fourth-order valence-electron chi connectivity index (χ4n) is 3.93. The maximum absolute atomic E-state index is 12.1. The SMILES string of the molecule is C[C@H]1[C@@H](CSc2cccc[n+]2[O-])O[C@@H](c2ccc(NC(=O)C(Cl)(Cl)Cl)cc2)O[C@H]1c1ccc(CO)cc1. The summed E-state index contributed by atoms with van der Waals surface area (Å²) in [4.78, 5) is 12.0. The lowest BCUT2D eigenvalue weighted by atomic mass is 9.91. The van der Waals surface area contributed by atoms with Crippen LogP contribution in [0, 0.1) is 11.1 Å². The van der Waals surface area contributed by atoms with Crippen LogP contribution in [0.15, 0.2) is 78.0 Å². The van der Waals surface area contributed by atoms with Crippen molar-refractivity contribution in [3.8, 4) is 0 Å². The maximum Gasteiger partial charge on any atom is 0.276 e. The van der Waals surface area contributed by atoms with Gasteiger partial charge in [0.25, 0.3) is 14.7 Å². The molecule has 2 aromatic carbocycles. The number of carbonyl (C=O) groups is 1. The number of amides is 1. The van der Waals surface area contributed by atoms with Crippen molar-refractivity contribution in [2.24, 2.45) is 5.92 Å². The number of carbonyl (C=O) groups excluding carboxylic acids is 1. The second kappa shape index (κ2) is 12.2. The molecule has 1 saturated heterocycles. The van der Waals surface area contributed by atoms with Crippen LogP contribution in [0.25, 0.3) is 0 Å². The van der Waals surface area contributed by atoms with Gasteiger partial charge in [-0.05, 0) is 29.3 Å². The zero-order valence-electron chi connectivity index (χ0n) is 19.7. The molecule has 196 valence electrons. The third-order valence-corrected chi connectivity index (χ3v) is 7.63. The van der Waals surface area contributed by atoms with E-state index in [1.54, 1.807) is 36.4 Å². The molecule has 1 aliphatic heterocycles. The van der Waals surface area contributed by atoms with E-state index < -0.39 is 16.0 Å². The molecule has 3 aromatic rings. The van der Waals surface area contributed by atoms with Gasteiger partial charge in [0.15, 0.2) is 12.5 Å². The fraction of sp³-hybridized carbons (Fsp3) is 0.308. The summed E-state index contributed by atoms with van der Waals surface area (Å²) in [6, 6.07) is 19.8. The number of rotatable bonds is 7. The molecule has 0 radical (unpaired) electrons. The molecule has 7 nitrogen and oxygen atoms in total. The van der Waals surface area contributed by atoms with Crippen molar-refractivity contribution < 1.29 is 24.1 Å². The number of aromatic nitrogens is 1. The number of hydrogen-bond donors (Lipinski definition) is 2. The van der Waals surface area contributed by atoms with Crippen LogP contribution >= 0.6 is 46.6 Å². The quantitative estimate of drug-likeness (QED) is 0.160. The highest BCUT2D eigenvalue weighted by molar-refractivity contribution is 7.99. The zero-order chi connectivity index (χ0) is 26.6. The van der Waals surface area contributed by atoms with Crippen molar-refractivity contribution in [1.82, 2.24) is 0 Å². The summed E-state index contributed by atoms with van der Waals surface area (Å²) in [6.45, 7) is 2.01. The number of aliphatic hydroxyl groups is 1. The molecule has 1 aliphatic rings. The number of pyridine rings is 1. The number of benzene rings is 2. The second-order valence-corrected chi connectivity index (χ2v) is 11.9. The van der Waals surface area contributed by atoms with Crippen molar-refractivity contribution in [3.63, 3.8) is 0 Å². The molecule has 0 bridgehead atoms. The summed E-state index contributed by atoms with van der Waals surface area (Å²) in [5.74, 6) is -0.254. The van der Waals surface area contributed by atoms with Crippen LogP contribution in [0.3, 0.4) is 0 Å². The molecule has 2 N–H and O–H groups in total. The molecule has 4 rings (SSSR count). The van der Waals surface area contributed by atoms with Crippen LogP contribution in [0.5, 0.6) is 0 Å². The number of ether oxygens (including phenoxy) is 2. The van der Waals surface area contributed by atoms with Crippen LogP contribution in [-0.2, 0) is 20.9 Å². The predicted octanol–water partition coefficient (Wildman–Crippen LogP) is 5.70. The van der Waals surface area contributed by atoms with E-state index in [4.69, 9.17) is 44.3 Å². The van der Waals surface area contributed by atoms with E-state index in [0.29, 0.717) is 16.5 Å². The number of anilines is 1. The van der Waals surface area contributed by atoms with Crippen LogP contribution in [-0.4, -0.2) is 26.7 Å². The number of nitrogens with one attached hydrogen (secondary N) is 1. The lowest BCUT2D eigenvalue weighted by Gasteiger charge is -2.41. The van der Waals surface area contributed by atoms with Gasteiger partial charge in [-0.15, -0.1) is 0 Å². The minimum absolute atomic E-state index is 0.0320. The van der Waals surface area contributed by atoms with Crippen LogP contribution in [0.4, 0.5) is 5.69 Å². The van der Waals surface area contributed by atoms with E-state index in [9.17, 15) is 15.1 Å². The van der Waals surface area contributed by atoms with Gasteiger partial charge in [0.2, 0.25) is 0 Å². The molecule has 0 aliphatic carbocycles. The summed E-state index contributed by atoms with van der Waals surface area (Å²) in [6.07, 6.45) is 0.233. The Balaban J connectivity index is 1.56. The maximum atomic E-state index is 12.1. The normalized spacial score (nSPS) is 22.0. The van der Waals surface area contributed by atoms with Crippen LogP contribution in [0.2, 0.25) is 0 Å². The Morgan fingerprint density at radius 2 is 1.73 bits per heavy atom. The topological polar surface area (TPSA) is 94.7 Å². The first-order chi connectivity index (χ1) is 17.7. The molecule has 0 spiro atoms. The van der Waals surface area contributed by atoms with E-state index >= 15 is 0 Å². The first kappa shape index (κ1) is 28.0. The summed E-state index contributed by atoms with van der Waals surface area (Å²) in [7, 11) is 0. The molecular weight excluding hydrogens is 559 g/mol. The summed E-state index contributed by atoms with van der Waals surface area (Å²) >= 11 is 18.3. The number of nitrogens with zero attached hydrogens (tertiary/aromatic N) is 1. The lowest BCUT2D eigenvalue weighted by Crippen LogP contribution is -2.39. The van der Waals surface area contributed by atoms with Gasteiger partial charge in [-0.3, -0.25) is 4.79 Å². The molecule has 0 unspecified atom stereocenters. The van der Waals surface area contributed by atoms with E-state index in [1.165, 1.54) is 18.0 Å². The van der Waals surface area contributed by atoms with E-state index in [1.807, 2.05) is 30.3 Å². The van der Waals surface area contributed by atoms with Gasteiger partial charge in [-0.25, -0.2) is 0 Å².